The summed E-state index contributed by atoms with van der Waals surface area (Å²) in [5.74, 6) is 0.580. The van der Waals surface area contributed by atoms with Gasteiger partial charge in [0.2, 0.25) is 0 Å². The molecule has 0 aliphatic rings. The molecule has 1 rings (SSSR count). The van der Waals surface area contributed by atoms with Crippen molar-refractivity contribution in [3.63, 3.8) is 0 Å². The summed E-state index contributed by atoms with van der Waals surface area (Å²) in [5, 5.41) is 0. The number of hydrogen-bond acceptors (Lipinski definition) is 1. The molecule has 0 unspecified atom stereocenters. The maximum absolute atomic E-state index is 11.9. The minimum absolute atomic E-state index is 0.537. The number of ether oxygens (including phenoxy) is 1. The van der Waals surface area contributed by atoms with Crippen molar-refractivity contribution in [2.45, 2.75) is 27.2 Å². The van der Waals surface area contributed by atoms with Crippen LogP contribution in [0.25, 0.3) is 0 Å². The molecule has 0 N–H and O–H groups in total. The van der Waals surface area contributed by atoms with Crippen LogP contribution in [0, 0.1) is 20.8 Å². The molecule has 0 spiro atoms. The maximum atomic E-state index is 11.9. The van der Waals surface area contributed by atoms with Crippen molar-refractivity contribution >= 4 is 0 Å². The van der Waals surface area contributed by atoms with Crippen molar-refractivity contribution in [1.29, 1.82) is 0 Å². The Hall–Kier alpha value is -1.12. The van der Waals surface area contributed by atoms with Crippen LogP contribution in [0.1, 0.15) is 16.7 Å². The predicted molar refractivity (Wildman–Crippen MR) is 52.2 cm³/mol. The van der Waals surface area contributed by atoms with Gasteiger partial charge >= 0.3 is 0 Å². The van der Waals surface area contributed by atoms with Gasteiger partial charge in [0.25, 0.3) is 6.43 Å². The van der Waals surface area contributed by atoms with Gasteiger partial charge in [-0.2, -0.15) is 0 Å². The molecule has 0 saturated carbocycles. The molecule has 1 aromatic carbocycles. The second-order valence-electron chi connectivity index (χ2n) is 3.43. The van der Waals surface area contributed by atoms with Crippen molar-refractivity contribution in [1.82, 2.24) is 0 Å². The van der Waals surface area contributed by atoms with Gasteiger partial charge < -0.3 is 4.74 Å². The van der Waals surface area contributed by atoms with E-state index in [0.717, 1.165) is 16.7 Å². The molecule has 1 aromatic rings. The van der Waals surface area contributed by atoms with Crippen molar-refractivity contribution in [3.05, 3.63) is 28.8 Å². The fourth-order valence-corrected chi connectivity index (χ4v) is 1.54. The highest BCUT2D eigenvalue weighted by molar-refractivity contribution is 5.42. The molecular formula is C11H14F2O. The lowest BCUT2D eigenvalue weighted by atomic mass is 10.1. The number of hydrogen-bond donors (Lipinski definition) is 0. The molecule has 3 heteroatoms. The highest BCUT2D eigenvalue weighted by Crippen LogP contribution is 2.24. The second-order valence-corrected chi connectivity index (χ2v) is 3.43. The molecule has 0 aliphatic carbocycles. The van der Waals surface area contributed by atoms with Gasteiger partial charge in [-0.3, -0.25) is 0 Å². The smallest absolute Gasteiger partial charge is 0.272 e. The number of benzene rings is 1. The van der Waals surface area contributed by atoms with Crippen LogP contribution >= 0.6 is 0 Å². The van der Waals surface area contributed by atoms with Gasteiger partial charge in [0.15, 0.2) is 0 Å². The maximum Gasteiger partial charge on any atom is 0.272 e. The average molecular weight is 200 g/mol. The van der Waals surface area contributed by atoms with Gasteiger partial charge in [-0.1, -0.05) is 17.7 Å². The summed E-state index contributed by atoms with van der Waals surface area (Å²) in [6.45, 7) is 5.16. The molecule has 0 atom stereocenters. The molecular weight excluding hydrogens is 186 g/mol. The van der Waals surface area contributed by atoms with Gasteiger partial charge in [-0.05, 0) is 31.9 Å². The van der Waals surface area contributed by atoms with Crippen LogP contribution in [0.4, 0.5) is 8.78 Å². The van der Waals surface area contributed by atoms with Gasteiger partial charge in [0, 0.05) is 0 Å². The fraction of sp³-hybridized carbons (Fsp3) is 0.455. The Balaban J connectivity index is 2.86. The van der Waals surface area contributed by atoms with Crippen LogP contribution < -0.4 is 4.74 Å². The summed E-state index contributed by atoms with van der Waals surface area (Å²) in [4.78, 5) is 0. The van der Waals surface area contributed by atoms with E-state index in [1.165, 1.54) is 0 Å². The monoisotopic (exact) mass is 200 g/mol. The van der Waals surface area contributed by atoms with Crippen LogP contribution in [-0.4, -0.2) is 13.0 Å². The van der Waals surface area contributed by atoms with E-state index in [1.807, 2.05) is 32.9 Å². The lowest BCUT2D eigenvalue weighted by molar-refractivity contribution is 0.0812. The molecule has 0 fully saturated rings. The SMILES string of the molecule is Cc1cc(C)c(OCC(F)F)c(C)c1. The average Bonchev–Trinajstić information content (AvgIpc) is 2.01. The zero-order valence-corrected chi connectivity index (χ0v) is 8.60. The van der Waals surface area contributed by atoms with E-state index in [2.05, 4.69) is 0 Å². The van der Waals surface area contributed by atoms with E-state index in [4.69, 9.17) is 4.74 Å². The molecule has 0 bridgehead atoms. The van der Waals surface area contributed by atoms with E-state index in [9.17, 15) is 8.78 Å². The summed E-state index contributed by atoms with van der Waals surface area (Å²) in [7, 11) is 0. The summed E-state index contributed by atoms with van der Waals surface area (Å²) in [6, 6.07) is 3.85. The molecule has 78 valence electrons. The molecule has 0 aromatic heterocycles. The molecule has 0 aliphatic heterocycles. The highest BCUT2D eigenvalue weighted by atomic mass is 19.3. The van der Waals surface area contributed by atoms with E-state index in [0.29, 0.717) is 5.75 Å². The number of halogens is 2. The third-order valence-electron chi connectivity index (χ3n) is 1.96. The Morgan fingerprint density at radius 1 is 1.14 bits per heavy atom. The first-order chi connectivity index (χ1) is 6.50. The molecule has 0 heterocycles. The van der Waals surface area contributed by atoms with Crippen LogP contribution in [0.5, 0.6) is 5.75 Å². The zero-order chi connectivity index (χ0) is 10.7. The van der Waals surface area contributed by atoms with Gasteiger partial charge in [0.1, 0.15) is 12.4 Å². The number of aryl methyl sites for hydroxylation is 3. The van der Waals surface area contributed by atoms with Crippen LogP contribution in [0.2, 0.25) is 0 Å². The van der Waals surface area contributed by atoms with Crippen molar-refractivity contribution in [3.8, 4) is 5.75 Å². The summed E-state index contributed by atoms with van der Waals surface area (Å²) < 4.78 is 28.9. The third kappa shape index (κ3) is 2.69. The summed E-state index contributed by atoms with van der Waals surface area (Å²) in [6.07, 6.45) is -2.42. The quantitative estimate of drug-likeness (QED) is 0.727. The second kappa shape index (κ2) is 4.40. The summed E-state index contributed by atoms with van der Waals surface area (Å²) in [5.41, 5.74) is 2.93. The first-order valence-electron chi connectivity index (χ1n) is 4.49. The topological polar surface area (TPSA) is 9.23 Å². The van der Waals surface area contributed by atoms with Crippen molar-refractivity contribution in [2.24, 2.45) is 0 Å². The largest absolute Gasteiger partial charge is 0.487 e. The van der Waals surface area contributed by atoms with Crippen molar-refractivity contribution in [2.75, 3.05) is 6.61 Å². The first kappa shape index (κ1) is 11.0. The Morgan fingerprint density at radius 3 is 2.07 bits per heavy atom. The minimum Gasteiger partial charge on any atom is -0.487 e. The number of alkyl halides is 2. The minimum atomic E-state index is -2.42. The lowest BCUT2D eigenvalue weighted by Crippen LogP contribution is -2.08. The Kier molecular flexibility index (Phi) is 3.44. The van der Waals surface area contributed by atoms with Gasteiger partial charge in [-0.15, -0.1) is 0 Å². The van der Waals surface area contributed by atoms with Crippen LogP contribution in [-0.2, 0) is 0 Å². The predicted octanol–water partition coefficient (Wildman–Crippen LogP) is 3.26. The Morgan fingerprint density at radius 2 is 1.64 bits per heavy atom. The van der Waals surface area contributed by atoms with E-state index in [1.54, 1.807) is 0 Å². The molecule has 1 nitrogen and oxygen atoms in total. The first-order valence-corrected chi connectivity index (χ1v) is 4.49. The number of rotatable bonds is 3. The molecule has 0 saturated heterocycles. The van der Waals surface area contributed by atoms with E-state index in [-0.39, 0.29) is 0 Å². The van der Waals surface area contributed by atoms with Gasteiger partial charge in [0.05, 0.1) is 0 Å². The zero-order valence-electron chi connectivity index (χ0n) is 8.60. The highest BCUT2D eigenvalue weighted by Gasteiger charge is 2.08. The van der Waals surface area contributed by atoms with Crippen molar-refractivity contribution < 1.29 is 13.5 Å². The lowest BCUT2D eigenvalue weighted by Gasteiger charge is -2.12. The van der Waals surface area contributed by atoms with Gasteiger partial charge in [-0.25, -0.2) is 8.78 Å². The summed E-state index contributed by atoms with van der Waals surface area (Å²) >= 11 is 0. The standard InChI is InChI=1S/C11H14F2O/c1-7-4-8(2)11(9(3)5-7)14-6-10(12)13/h4-5,10H,6H2,1-3H3. The van der Waals surface area contributed by atoms with Crippen LogP contribution in [0.3, 0.4) is 0 Å². The fourth-order valence-electron chi connectivity index (χ4n) is 1.54. The Bertz CT molecular complexity index is 298. The van der Waals surface area contributed by atoms with E-state index >= 15 is 0 Å². The van der Waals surface area contributed by atoms with Crippen LogP contribution in [0.15, 0.2) is 12.1 Å². The third-order valence-corrected chi connectivity index (χ3v) is 1.96. The molecule has 14 heavy (non-hydrogen) atoms. The van der Waals surface area contributed by atoms with E-state index < -0.39 is 13.0 Å². The molecule has 0 amide bonds. The Labute approximate surface area is 82.7 Å². The normalized spacial score (nSPS) is 10.7. The molecule has 0 radical (unpaired) electrons.